The molecule has 0 radical (unpaired) electrons. The number of aliphatic carboxylic acids is 2. The second kappa shape index (κ2) is 17.1. The van der Waals surface area contributed by atoms with Crippen molar-refractivity contribution in [1.82, 2.24) is 5.32 Å². The van der Waals surface area contributed by atoms with E-state index in [4.69, 9.17) is 39.7 Å². The maximum Gasteiger partial charge on any atom is 0.305 e. The molecule has 0 bridgehead atoms. The Morgan fingerprint density at radius 1 is 0.781 bits per heavy atom. The molecule has 0 spiro atoms. The van der Waals surface area contributed by atoms with E-state index in [1.165, 1.54) is 0 Å². The van der Waals surface area contributed by atoms with E-state index in [1.807, 2.05) is 0 Å². The van der Waals surface area contributed by atoms with Crippen LogP contribution in [0.4, 0.5) is 0 Å². The molecule has 0 amide bonds. The maximum absolute atomic E-state index is 10.7. The van der Waals surface area contributed by atoms with Crippen LogP contribution in [0, 0.1) is 0 Å². The molecule has 9 N–H and O–H groups in total. The van der Waals surface area contributed by atoms with E-state index in [0.29, 0.717) is 0 Å². The number of aliphatic hydroxyl groups excluding tert-OH is 5. The van der Waals surface area contributed by atoms with Gasteiger partial charge in [-0.1, -0.05) is 0 Å². The van der Waals surface area contributed by atoms with Crippen LogP contribution in [0.25, 0.3) is 0 Å². The SMILES string of the molecule is O=C(O)CCOCC(COCCC(=O)O)(COCCC(O)O)NCC(O)C(O)C(O)CO. The van der Waals surface area contributed by atoms with Crippen LogP contribution >= 0.6 is 0 Å². The number of carbonyl (C=O) groups is 2. The van der Waals surface area contributed by atoms with Gasteiger partial charge < -0.3 is 60.4 Å². The van der Waals surface area contributed by atoms with E-state index in [9.17, 15) is 24.9 Å². The smallest absolute Gasteiger partial charge is 0.305 e. The molecule has 0 aromatic carbocycles. The highest BCUT2D eigenvalue weighted by molar-refractivity contribution is 5.67. The number of nitrogens with one attached hydrogen (secondary N) is 1. The topological polar surface area (TPSA) is 236 Å². The first-order chi connectivity index (χ1) is 15.0. The number of carboxylic acid groups (broad SMARTS) is 2. The number of rotatable bonds is 21. The van der Waals surface area contributed by atoms with Gasteiger partial charge in [0.05, 0.1) is 70.7 Å². The van der Waals surface area contributed by atoms with Gasteiger partial charge in [-0.05, 0) is 0 Å². The van der Waals surface area contributed by atoms with Gasteiger partial charge in [0.15, 0.2) is 6.29 Å². The monoisotopic (exact) mass is 473 g/mol. The Labute approximate surface area is 185 Å². The molecule has 3 unspecified atom stereocenters. The Kier molecular flexibility index (Phi) is 16.3. The van der Waals surface area contributed by atoms with Gasteiger partial charge in [-0.2, -0.15) is 0 Å². The van der Waals surface area contributed by atoms with Crippen molar-refractivity contribution >= 4 is 11.9 Å². The van der Waals surface area contributed by atoms with Gasteiger partial charge in [-0.3, -0.25) is 9.59 Å². The Hall–Kier alpha value is -1.46. The summed E-state index contributed by atoms with van der Waals surface area (Å²) in [6.45, 7) is -2.15. The van der Waals surface area contributed by atoms with E-state index in [2.05, 4.69) is 5.32 Å². The van der Waals surface area contributed by atoms with Gasteiger partial charge in [0.25, 0.3) is 0 Å². The standard InChI is InChI=1S/C18H35NO13/c20-8-13(22)17(29)12(21)7-19-18(9-30-4-1-14(23)24,10-31-5-2-15(25)26)11-32-6-3-16(27)28/h12-14,17,19-24,29H,1-11H2,(H,25,26)(H,27,28). The summed E-state index contributed by atoms with van der Waals surface area (Å²) in [4.78, 5) is 21.4. The molecule has 0 saturated carbocycles. The minimum absolute atomic E-state index is 0.0836. The number of aliphatic hydroxyl groups is 6. The molecule has 14 nitrogen and oxygen atoms in total. The van der Waals surface area contributed by atoms with Crippen molar-refractivity contribution in [2.24, 2.45) is 0 Å². The number of hydrogen-bond donors (Lipinski definition) is 9. The lowest BCUT2D eigenvalue weighted by Gasteiger charge is -2.36. The summed E-state index contributed by atoms with van der Waals surface area (Å²) in [6, 6.07) is 0. The Balaban J connectivity index is 5.25. The average Bonchev–Trinajstić information content (AvgIpc) is 2.73. The molecule has 0 fully saturated rings. The van der Waals surface area contributed by atoms with Crippen molar-refractivity contribution in [2.45, 2.75) is 49.4 Å². The first-order valence-corrected chi connectivity index (χ1v) is 9.96. The van der Waals surface area contributed by atoms with Crippen LogP contribution in [0.2, 0.25) is 0 Å². The fraction of sp³-hybridized carbons (Fsp3) is 0.889. The molecule has 32 heavy (non-hydrogen) atoms. The van der Waals surface area contributed by atoms with E-state index < -0.39 is 48.7 Å². The number of β-amino-alcohol motifs (C(OH)–C–C–N with tert-alkyl or cyclic N) is 1. The minimum Gasteiger partial charge on any atom is -0.481 e. The number of hydrogen-bond acceptors (Lipinski definition) is 12. The molecule has 0 aliphatic heterocycles. The second-order valence-corrected chi connectivity index (χ2v) is 7.18. The molecule has 3 atom stereocenters. The van der Waals surface area contributed by atoms with Crippen LogP contribution in [0.1, 0.15) is 19.3 Å². The third kappa shape index (κ3) is 14.6. The van der Waals surface area contributed by atoms with Crippen molar-refractivity contribution in [1.29, 1.82) is 0 Å². The fourth-order valence-corrected chi connectivity index (χ4v) is 2.39. The predicted molar refractivity (Wildman–Crippen MR) is 106 cm³/mol. The zero-order valence-electron chi connectivity index (χ0n) is 17.7. The molecule has 0 heterocycles. The minimum atomic E-state index is -1.68. The third-order valence-corrected chi connectivity index (χ3v) is 4.24. The first kappa shape index (κ1) is 30.5. The van der Waals surface area contributed by atoms with Gasteiger partial charge in [-0.25, -0.2) is 0 Å². The Morgan fingerprint density at radius 3 is 1.66 bits per heavy atom. The highest BCUT2D eigenvalue weighted by Gasteiger charge is 2.34. The largest absolute Gasteiger partial charge is 0.481 e. The van der Waals surface area contributed by atoms with Crippen molar-refractivity contribution in [3.63, 3.8) is 0 Å². The first-order valence-electron chi connectivity index (χ1n) is 9.96. The lowest BCUT2D eigenvalue weighted by atomic mass is 10.0. The molecule has 0 aliphatic rings. The molecule has 0 aromatic rings. The summed E-state index contributed by atoms with van der Waals surface area (Å²) < 4.78 is 16.2. The molecule has 0 aliphatic carbocycles. The van der Waals surface area contributed by atoms with Crippen LogP contribution in [0.3, 0.4) is 0 Å². The summed E-state index contributed by atoms with van der Waals surface area (Å²) in [6.07, 6.45) is -7.12. The third-order valence-electron chi connectivity index (χ3n) is 4.24. The molecule has 0 aromatic heterocycles. The summed E-state index contributed by atoms with van der Waals surface area (Å²) in [7, 11) is 0. The van der Waals surface area contributed by atoms with Gasteiger partial charge in [0.1, 0.15) is 12.2 Å². The van der Waals surface area contributed by atoms with Crippen LogP contribution in [-0.4, -0.2) is 136 Å². The zero-order valence-corrected chi connectivity index (χ0v) is 17.7. The highest BCUT2D eigenvalue weighted by Crippen LogP contribution is 2.12. The van der Waals surface area contributed by atoms with Gasteiger partial charge in [0.2, 0.25) is 0 Å². The van der Waals surface area contributed by atoms with Gasteiger partial charge in [-0.15, -0.1) is 0 Å². The predicted octanol–water partition coefficient (Wildman–Crippen LogP) is -3.91. The van der Waals surface area contributed by atoms with E-state index in [0.717, 1.165) is 0 Å². The Morgan fingerprint density at radius 2 is 1.25 bits per heavy atom. The zero-order chi connectivity index (χ0) is 24.6. The van der Waals surface area contributed by atoms with Crippen molar-refractivity contribution < 1.29 is 64.7 Å². The maximum atomic E-state index is 10.7. The normalized spacial score (nSPS) is 15.0. The van der Waals surface area contributed by atoms with Gasteiger partial charge >= 0.3 is 11.9 Å². The van der Waals surface area contributed by atoms with Crippen molar-refractivity contribution in [2.75, 3.05) is 52.8 Å². The van der Waals surface area contributed by atoms with E-state index >= 15 is 0 Å². The van der Waals surface area contributed by atoms with Crippen LogP contribution in [0.15, 0.2) is 0 Å². The molecular formula is C18H35NO13. The van der Waals surface area contributed by atoms with Crippen molar-refractivity contribution in [3.8, 4) is 0 Å². The van der Waals surface area contributed by atoms with E-state index in [1.54, 1.807) is 0 Å². The number of carboxylic acids is 2. The molecule has 0 rings (SSSR count). The molecule has 0 saturated heterocycles. The lowest BCUT2D eigenvalue weighted by molar-refractivity contribution is -0.139. The quantitative estimate of drug-likeness (QED) is 0.0572. The highest BCUT2D eigenvalue weighted by atomic mass is 16.5. The van der Waals surface area contributed by atoms with Gasteiger partial charge in [0, 0.05) is 13.0 Å². The fourth-order valence-electron chi connectivity index (χ4n) is 2.39. The van der Waals surface area contributed by atoms with Crippen LogP contribution in [-0.2, 0) is 23.8 Å². The molecule has 190 valence electrons. The van der Waals surface area contributed by atoms with Crippen LogP contribution < -0.4 is 5.32 Å². The Bertz CT molecular complexity index is 497. The second-order valence-electron chi connectivity index (χ2n) is 7.18. The summed E-state index contributed by atoms with van der Waals surface area (Å²) in [5.41, 5.74) is -1.26. The number of ether oxygens (including phenoxy) is 3. The van der Waals surface area contributed by atoms with Crippen LogP contribution in [0.5, 0.6) is 0 Å². The lowest BCUT2D eigenvalue weighted by Crippen LogP contribution is -2.60. The van der Waals surface area contributed by atoms with Crippen molar-refractivity contribution in [3.05, 3.63) is 0 Å². The van der Waals surface area contributed by atoms with E-state index in [-0.39, 0.29) is 65.4 Å². The molecular weight excluding hydrogens is 438 g/mol. The molecule has 14 heteroatoms. The summed E-state index contributed by atoms with van der Waals surface area (Å²) in [5.74, 6) is -2.18. The summed E-state index contributed by atoms with van der Waals surface area (Å²) in [5, 5.41) is 76.6. The summed E-state index contributed by atoms with van der Waals surface area (Å²) >= 11 is 0. The average molecular weight is 473 g/mol.